The van der Waals surface area contributed by atoms with Gasteiger partial charge in [0.1, 0.15) is 0 Å². The zero-order chi connectivity index (χ0) is 21.7. The number of nitrogens with one attached hydrogen (secondary N) is 2. The Morgan fingerprint density at radius 1 is 1.23 bits per heavy atom. The summed E-state index contributed by atoms with van der Waals surface area (Å²) in [5, 5.41) is 15.0. The maximum atomic E-state index is 12.5. The summed E-state index contributed by atoms with van der Waals surface area (Å²) < 4.78 is 7.26. The number of urea groups is 1. The van der Waals surface area contributed by atoms with Crippen LogP contribution in [-0.4, -0.2) is 45.2 Å². The van der Waals surface area contributed by atoms with Gasteiger partial charge >= 0.3 is 12.0 Å². The topological polar surface area (TPSA) is 98.1 Å². The number of hydrogen-bond donors (Lipinski definition) is 2. The van der Waals surface area contributed by atoms with Crippen LogP contribution >= 0.6 is 11.8 Å². The standard InChI is InChI=1S/C21H27N5O3S/c1-5-15-17(19(27)29-7-3)16(23-20(28)22-15)12-30-21-25-24-18(26(21)6-2)14-11-9-8-10-13(14)4/h8-11,15H,5-7,12H2,1-4H3,(H2,22,23,28)/t15-/m0/s1. The molecule has 0 aliphatic carbocycles. The van der Waals surface area contributed by atoms with Crippen LogP contribution in [-0.2, 0) is 16.1 Å². The van der Waals surface area contributed by atoms with E-state index < -0.39 is 5.97 Å². The number of aromatic nitrogens is 3. The molecular weight excluding hydrogens is 402 g/mol. The predicted molar refractivity (Wildman–Crippen MR) is 116 cm³/mol. The number of amides is 2. The third-order valence-electron chi connectivity index (χ3n) is 4.91. The van der Waals surface area contributed by atoms with Crippen molar-refractivity contribution in [2.45, 2.75) is 51.9 Å². The number of thioether (sulfide) groups is 1. The molecule has 0 radical (unpaired) electrons. The van der Waals surface area contributed by atoms with E-state index in [0.717, 1.165) is 22.1 Å². The molecule has 1 aromatic carbocycles. The number of carbonyl (C=O) groups excluding carboxylic acids is 2. The van der Waals surface area contributed by atoms with Crippen LogP contribution in [0.1, 0.15) is 32.8 Å². The van der Waals surface area contributed by atoms with Crippen LogP contribution < -0.4 is 10.6 Å². The normalized spacial score (nSPS) is 16.3. The van der Waals surface area contributed by atoms with Gasteiger partial charge in [0, 0.05) is 23.6 Å². The van der Waals surface area contributed by atoms with Gasteiger partial charge in [-0.05, 0) is 32.8 Å². The minimum absolute atomic E-state index is 0.275. The molecule has 2 heterocycles. The first-order valence-electron chi connectivity index (χ1n) is 10.1. The number of ether oxygens (including phenoxy) is 1. The average Bonchev–Trinajstić information content (AvgIpc) is 3.14. The maximum absolute atomic E-state index is 12.5. The number of esters is 1. The second kappa shape index (κ2) is 9.80. The molecule has 2 amide bonds. The third-order valence-corrected chi connectivity index (χ3v) is 5.90. The Balaban J connectivity index is 1.90. The minimum atomic E-state index is -0.412. The smallest absolute Gasteiger partial charge is 0.337 e. The lowest BCUT2D eigenvalue weighted by molar-refractivity contribution is -0.139. The first-order chi connectivity index (χ1) is 14.5. The molecule has 1 aromatic heterocycles. The first kappa shape index (κ1) is 21.9. The van der Waals surface area contributed by atoms with Crippen molar-refractivity contribution in [3.8, 4) is 11.4 Å². The highest BCUT2D eigenvalue weighted by molar-refractivity contribution is 7.99. The van der Waals surface area contributed by atoms with Gasteiger partial charge in [0.15, 0.2) is 11.0 Å². The number of carbonyl (C=O) groups is 2. The van der Waals surface area contributed by atoms with Gasteiger partial charge in [0.25, 0.3) is 0 Å². The second-order valence-electron chi connectivity index (χ2n) is 6.83. The monoisotopic (exact) mass is 429 g/mol. The van der Waals surface area contributed by atoms with E-state index in [1.807, 2.05) is 49.6 Å². The van der Waals surface area contributed by atoms with Crippen LogP contribution in [0.3, 0.4) is 0 Å². The summed E-state index contributed by atoms with van der Waals surface area (Å²) in [6.45, 7) is 8.74. The van der Waals surface area contributed by atoms with Gasteiger partial charge in [-0.25, -0.2) is 9.59 Å². The van der Waals surface area contributed by atoms with Crippen molar-refractivity contribution in [1.29, 1.82) is 0 Å². The summed E-state index contributed by atoms with van der Waals surface area (Å²) in [7, 11) is 0. The Bertz CT molecular complexity index is 969. The van der Waals surface area contributed by atoms with Crippen molar-refractivity contribution in [2.75, 3.05) is 12.4 Å². The predicted octanol–water partition coefficient (Wildman–Crippen LogP) is 3.27. The fourth-order valence-electron chi connectivity index (χ4n) is 3.42. The summed E-state index contributed by atoms with van der Waals surface area (Å²) in [6.07, 6.45) is 0.596. The molecule has 0 saturated carbocycles. The first-order valence-corrected chi connectivity index (χ1v) is 11.1. The second-order valence-corrected chi connectivity index (χ2v) is 7.77. The molecule has 1 atom stereocenters. The number of hydrogen-bond acceptors (Lipinski definition) is 6. The summed E-state index contributed by atoms with van der Waals surface area (Å²) in [4.78, 5) is 24.6. The number of benzene rings is 1. The fraction of sp³-hybridized carbons (Fsp3) is 0.429. The van der Waals surface area contributed by atoms with Crippen molar-refractivity contribution >= 4 is 23.8 Å². The van der Waals surface area contributed by atoms with Crippen LogP contribution in [0.25, 0.3) is 11.4 Å². The molecule has 0 unspecified atom stereocenters. The van der Waals surface area contributed by atoms with Gasteiger partial charge in [0.2, 0.25) is 0 Å². The SMILES string of the molecule is CCOC(=O)C1=C(CSc2nnc(-c3ccccc3C)n2CC)NC(=O)N[C@H]1CC. The van der Waals surface area contributed by atoms with E-state index in [-0.39, 0.29) is 18.7 Å². The van der Waals surface area contributed by atoms with Crippen LogP contribution in [0, 0.1) is 6.92 Å². The molecule has 3 rings (SSSR count). The van der Waals surface area contributed by atoms with Gasteiger partial charge in [-0.2, -0.15) is 0 Å². The van der Waals surface area contributed by atoms with E-state index in [4.69, 9.17) is 4.74 Å². The summed E-state index contributed by atoms with van der Waals surface area (Å²) in [5.74, 6) is 0.771. The number of rotatable bonds is 8. The highest BCUT2D eigenvalue weighted by Gasteiger charge is 2.31. The quantitative estimate of drug-likeness (QED) is 0.494. The lowest BCUT2D eigenvalue weighted by Gasteiger charge is -2.28. The van der Waals surface area contributed by atoms with Crippen molar-refractivity contribution in [1.82, 2.24) is 25.4 Å². The molecule has 30 heavy (non-hydrogen) atoms. The molecule has 160 valence electrons. The van der Waals surface area contributed by atoms with Gasteiger partial charge in [-0.15, -0.1) is 10.2 Å². The molecule has 0 spiro atoms. The number of aryl methyl sites for hydroxylation is 1. The van der Waals surface area contributed by atoms with Gasteiger partial charge in [0.05, 0.1) is 18.2 Å². The maximum Gasteiger partial charge on any atom is 0.337 e. The zero-order valence-corrected chi connectivity index (χ0v) is 18.5. The van der Waals surface area contributed by atoms with Crippen molar-refractivity contribution in [2.24, 2.45) is 0 Å². The molecule has 0 fully saturated rings. The molecule has 8 nitrogen and oxygen atoms in total. The highest BCUT2D eigenvalue weighted by Crippen LogP contribution is 2.28. The summed E-state index contributed by atoms with van der Waals surface area (Å²) in [6, 6.07) is 7.36. The zero-order valence-electron chi connectivity index (χ0n) is 17.7. The average molecular weight is 430 g/mol. The molecular formula is C21H27N5O3S. The third kappa shape index (κ3) is 4.51. The van der Waals surface area contributed by atoms with Crippen LogP contribution in [0.2, 0.25) is 0 Å². The van der Waals surface area contributed by atoms with E-state index in [2.05, 4.69) is 20.8 Å². The Labute approximate surface area is 180 Å². The van der Waals surface area contributed by atoms with E-state index in [9.17, 15) is 9.59 Å². The van der Waals surface area contributed by atoms with Gasteiger partial charge in [-0.3, -0.25) is 0 Å². The summed E-state index contributed by atoms with van der Waals surface area (Å²) in [5.41, 5.74) is 3.18. The van der Waals surface area contributed by atoms with Crippen LogP contribution in [0.5, 0.6) is 0 Å². The molecule has 9 heteroatoms. The van der Waals surface area contributed by atoms with Gasteiger partial charge < -0.3 is 19.9 Å². The molecule has 1 aliphatic rings. The lowest BCUT2D eigenvalue weighted by atomic mass is 10.0. The number of nitrogens with zero attached hydrogens (tertiary/aromatic N) is 3. The van der Waals surface area contributed by atoms with Gasteiger partial charge in [-0.1, -0.05) is 43.0 Å². The lowest BCUT2D eigenvalue weighted by Crippen LogP contribution is -2.50. The molecule has 0 saturated heterocycles. The Morgan fingerprint density at radius 3 is 2.67 bits per heavy atom. The van der Waals surface area contributed by atoms with Crippen molar-refractivity contribution < 1.29 is 14.3 Å². The highest BCUT2D eigenvalue weighted by atomic mass is 32.2. The minimum Gasteiger partial charge on any atom is -0.463 e. The van der Waals surface area contributed by atoms with E-state index in [1.165, 1.54) is 11.8 Å². The van der Waals surface area contributed by atoms with E-state index in [1.54, 1.807) is 6.92 Å². The van der Waals surface area contributed by atoms with E-state index >= 15 is 0 Å². The summed E-state index contributed by atoms with van der Waals surface area (Å²) >= 11 is 1.43. The Morgan fingerprint density at radius 2 is 2.00 bits per heavy atom. The Kier molecular flexibility index (Phi) is 7.15. The molecule has 0 bridgehead atoms. The molecule has 2 N–H and O–H groups in total. The largest absolute Gasteiger partial charge is 0.463 e. The molecule has 1 aliphatic heterocycles. The van der Waals surface area contributed by atoms with E-state index in [0.29, 0.717) is 30.0 Å². The van der Waals surface area contributed by atoms with Crippen molar-refractivity contribution in [3.63, 3.8) is 0 Å². The van der Waals surface area contributed by atoms with Crippen molar-refractivity contribution in [3.05, 3.63) is 41.1 Å². The fourth-order valence-corrected chi connectivity index (χ4v) is 4.39. The Hall–Kier alpha value is -2.81. The van der Waals surface area contributed by atoms with Crippen LogP contribution in [0.4, 0.5) is 4.79 Å². The molecule has 2 aromatic rings. The van der Waals surface area contributed by atoms with Crippen LogP contribution in [0.15, 0.2) is 40.7 Å².